The Morgan fingerprint density at radius 1 is 0.958 bits per heavy atom. The van der Waals surface area contributed by atoms with Crippen LogP contribution in [0.4, 0.5) is 0 Å². The lowest BCUT2D eigenvalue weighted by Crippen LogP contribution is -2.30. The minimum absolute atomic E-state index is 0.490. The van der Waals surface area contributed by atoms with E-state index in [0.717, 1.165) is 13.0 Å². The first-order valence-electron chi connectivity index (χ1n) is 10.3. The first-order valence-corrected chi connectivity index (χ1v) is 10.3. The first-order chi connectivity index (χ1) is 11.8. The molecule has 0 spiro atoms. The number of benzene rings is 1. The zero-order valence-corrected chi connectivity index (χ0v) is 15.7. The lowest BCUT2D eigenvalue weighted by atomic mass is 9.94. The lowest BCUT2D eigenvalue weighted by molar-refractivity contribution is 0.371. The van der Waals surface area contributed by atoms with Crippen molar-refractivity contribution in [2.45, 2.75) is 103 Å². The van der Waals surface area contributed by atoms with Crippen LogP contribution in [0, 0.1) is 0 Å². The molecule has 1 aliphatic carbocycles. The van der Waals surface area contributed by atoms with Crippen LogP contribution in [-0.4, -0.2) is 11.1 Å². The molecule has 0 saturated heterocycles. The summed E-state index contributed by atoms with van der Waals surface area (Å²) in [5.41, 5.74) is 2.47. The van der Waals surface area contributed by atoms with E-state index in [9.17, 15) is 5.11 Å². The molecule has 2 nitrogen and oxygen atoms in total. The second kappa shape index (κ2) is 11.5. The molecule has 1 saturated carbocycles. The van der Waals surface area contributed by atoms with Gasteiger partial charge in [0.05, 0.1) is 0 Å². The van der Waals surface area contributed by atoms with Gasteiger partial charge in [-0.15, -0.1) is 0 Å². The van der Waals surface area contributed by atoms with Crippen LogP contribution in [0.15, 0.2) is 18.2 Å². The number of rotatable bonds is 11. The van der Waals surface area contributed by atoms with Crippen LogP contribution in [0.1, 0.15) is 95.1 Å². The molecule has 2 rings (SSSR count). The molecule has 1 aliphatic rings. The molecule has 136 valence electrons. The SMILES string of the molecule is CCCCCCCCCc1c(O)cccc1CNC1CCCCC1. The van der Waals surface area contributed by atoms with E-state index in [1.54, 1.807) is 0 Å². The maximum Gasteiger partial charge on any atom is 0.119 e. The first kappa shape index (κ1) is 19.3. The van der Waals surface area contributed by atoms with Gasteiger partial charge < -0.3 is 10.4 Å². The molecule has 0 radical (unpaired) electrons. The highest BCUT2D eigenvalue weighted by Gasteiger charge is 2.14. The third-order valence-corrected chi connectivity index (χ3v) is 5.47. The van der Waals surface area contributed by atoms with E-state index < -0.39 is 0 Å². The van der Waals surface area contributed by atoms with Crippen molar-refractivity contribution in [3.05, 3.63) is 29.3 Å². The van der Waals surface area contributed by atoms with Crippen molar-refractivity contribution in [2.24, 2.45) is 0 Å². The highest BCUT2D eigenvalue weighted by Crippen LogP contribution is 2.25. The van der Waals surface area contributed by atoms with Crippen molar-refractivity contribution < 1.29 is 5.11 Å². The molecule has 0 atom stereocenters. The summed E-state index contributed by atoms with van der Waals surface area (Å²) in [5.74, 6) is 0.490. The summed E-state index contributed by atoms with van der Waals surface area (Å²) in [7, 11) is 0. The van der Waals surface area contributed by atoms with Crippen LogP contribution in [0.25, 0.3) is 0 Å². The van der Waals surface area contributed by atoms with Crippen molar-refractivity contribution in [2.75, 3.05) is 0 Å². The summed E-state index contributed by atoms with van der Waals surface area (Å²) in [5, 5.41) is 14.0. The number of phenols is 1. The Kier molecular flexibility index (Phi) is 9.27. The third kappa shape index (κ3) is 6.84. The van der Waals surface area contributed by atoms with Crippen LogP contribution in [0.5, 0.6) is 5.75 Å². The van der Waals surface area contributed by atoms with Gasteiger partial charge in [0, 0.05) is 12.6 Å². The van der Waals surface area contributed by atoms with Crippen molar-refractivity contribution in [1.29, 1.82) is 0 Å². The molecular weight excluding hydrogens is 294 g/mol. The van der Waals surface area contributed by atoms with Gasteiger partial charge in [-0.2, -0.15) is 0 Å². The average molecular weight is 332 g/mol. The molecule has 0 aliphatic heterocycles. The zero-order chi connectivity index (χ0) is 17.0. The Morgan fingerprint density at radius 3 is 2.42 bits per heavy atom. The van der Waals surface area contributed by atoms with E-state index >= 15 is 0 Å². The smallest absolute Gasteiger partial charge is 0.119 e. The molecule has 0 amide bonds. The fourth-order valence-corrected chi connectivity index (χ4v) is 3.90. The molecule has 2 N–H and O–H groups in total. The van der Waals surface area contributed by atoms with Gasteiger partial charge in [-0.1, -0.05) is 76.8 Å². The maximum absolute atomic E-state index is 10.3. The molecule has 24 heavy (non-hydrogen) atoms. The van der Waals surface area contributed by atoms with E-state index in [1.807, 2.05) is 12.1 Å². The second-order valence-corrected chi connectivity index (χ2v) is 7.50. The van der Waals surface area contributed by atoms with E-state index in [-0.39, 0.29) is 0 Å². The van der Waals surface area contributed by atoms with E-state index in [2.05, 4.69) is 18.3 Å². The summed E-state index contributed by atoms with van der Waals surface area (Å²) >= 11 is 0. The molecule has 1 fully saturated rings. The van der Waals surface area contributed by atoms with Gasteiger partial charge in [0.15, 0.2) is 0 Å². The minimum atomic E-state index is 0.490. The standard InChI is InChI=1S/C22H37NO/c1-2-3-4-5-6-7-11-16-21-19(13-12-17-22(21)24)18-23-20-14-9-8-10-15-20/h12-13,17,20,23-24H,2-11,14-16,18H2,1H3. The number of hydrogen-bond donors (Lipinski definition) is 2. The van der Waals surface area contributed by atoms with Gasteiger partial charge in [0.25, 0.3) is 0 Å². The fraction of sp³-hybridized carbons (Fsp3) is 0.727. The normalized spacial score (nSPS) is 15.7. The van der Waals surface area contributed by atoms with Gasteiger partial charge >= 0.3 is 0 Å². The highest BCUT2D eigenvalue weighted by molar-refractivity contribution is 5.39. The number of phenolic OH excluding ortho intramolecular Hbond substituents is 1. The third-order valence-electron chi connectivity index (χ3n) is 5.47. The Balaban J connectivity index is 1.76. The summed E-state index contributed by atoms with van der Waals surface area (Å²) in [6, 6.07) is 6.70. The van der Waals surface area contributed by atoms with Gasteiger partial charge in [-0.3, -0.25) is 0 Å². The Hall–Kier alpha value is -1.02. The lowest BCUT2D eigenvalue weighted by Gasteiger charge is -2.23. The zero-order valence-electron chi connectivity index (χ0n) is 15.7. The van der Waals surface area contributed by atoms with Crippen molar-refractivity contribution >= 4 is 0 Å². The van der Waals surface area contributed by atoms with E-state index in [0.29, 0.717) is 11.8 Å². The molecular formula is C22H37NO. The Labute approximate surface area is 149 Å². The van der Waals surface area contributed by atoms with Crippen molar-refractivity contribution in [3.63, 3.8) is 0 Å². The number of hydrogen-bond acceptors (Lipinski definition) is 2. The summed E-state index contributed by atoms with van der Waals surface area (Å²) in [4.78, 5) is 0. The molecule has 1 aromatic carbocycles. The van der Waals surface area contributed by atoms with Gasteiger partial charge in [0.1, 0.15) is 5.75 Å². The van der Waals surface area contributed by atoms with Gasteiger partial charge in [-0.25, -0.2) is 0 Å². The quantitative estimate of drug-likeness (QED) is 0.480. The topological polar surface area (TPSA) is 32.3 Å². The second-order valence-electron chi connectivity index (χ2n) is 7.50. The molecule has 0 bridgehead atoms. The predicted molar refractivity (Wildman–Crippen MR) is 104 cm³/mol. The van der Waals surface area contributed by atoms with E-state index in [1.165, 1.54) is 88.2 Å². The van der Waals surface area contributed by atoms with Crippen molar-refractivity contribution in [1.82, 2.24) is 5.32 Å². The van der Waals surface area contributed by atoms with E-state index in [4.69, 9.17) is 0 Å². The average Bonchev–Trinajstić information content (AvgIpc) is 2.61. The Morgan fingerprint density at radius 2 is 1.67 bits per heavy atom. The molecule has 0 unspecified atom stereocenters. The predicted octanol–water partition coefficient (Wildman–Crippen LogP) is 6.11. The summed E-state index contributed by atoms with van der Waals surface area (Å²) in [6.45, 7) is 3.17. The number of nitrogens with one attached hydrogen (secondary N) is 1. The number of aromatic hydroxyl groups is 1. The highest BCUT2D eigenvalue weighted by atomic mass is 16.3. The maximum atomic E-state index is 10.3. The van der Waals surface area contributed by atoms with Gasteiger partial charge in [0.2, 0.25) is 0 Å². The van der Waals surface area contributed by atoms with Crippen LogP contribution in [-0.2, 0) is 13.0 Å². The van der Waals surface area contributed by atoms with Crippen LogP contribution in [0.3, 0.4) is 0 Å². The number of unbranched alkanes of at least 4 members (excludes halogenated alkanes) is 6. The molecule has 0 aromatic heterocycles. The molecule has 0 heterocycles. The molecule has 1 aromatic rings. The fourth-order valence-electron chi connectivity index (χ4n) is 3.90. The molecule has 2 heteroatoms. The minimum Gasteiger partial charge on any atom is -0.508 e. The van der Waals surface area contributed by atoms with Crippen molar-refractivity contribution in [3.8, 4) is 5.75 Å². The van der Waals surface area contributed by atoms with Gasteiger partial charge in [-0.05, 0) is 42.9 Å². The summed E-state index contributed by atoms with van der Waals surface area (Å²) in [6.07, 6.45) is 17.0. The summed E-state index contributed by atoms with van der Waals surface area (Å²) < 4.78 is 0. The van der Waals surface area contributed by atoms with Crippen LogP contribution >= 0.6 is 0 Å². The monoisotopic (exact) mass is 331 g/mol. The van der Waals surface area contributed by atoms with Crippen LogP contribution in [0.2, 0.25) is 0 Å². The van der Waals surface area contributed by atoms with Crippen LogP contribution < -0.4 is 5.32 Å². The Bertz CT molecular complexity index is 451. The largest absolute Gasteiger partial charge is 0.508 e.